The van der Waals surface area contributed by atoms with Gasteiger partial charge in [0.25, 0.3) is 0 Å². The maximum absolute atomic E-state index is 13.6. The van der Waals surface area contributed by atoms with E-state index in [4.69, 9.17) is 9.47 Å². The van der Waals surface area contributed by atoms with Crippen molar-refractivity contribution >= 4 is 5.91 Å². The van der Waals surface area contributed by atoms with Crippen LogP contribution in [0.4, 0.5) is 26.3 Å². The Morgan fingerprint density at radius 3 is 2.10 bits per heavy atom. The number of rotatable bonds is 7. The van der Waals surface area contributed by atoms with Gasteiger partial charge in [-0.1, -0.05) is 6.07 Å². The number of carbonyl (C=O) groups is 1. The third-order valence-corrected chi connectivity index (χ3v) is 7.53. The molecule has 0 bridgehead atoms. The topological polar surface area (TPSA) is 63.7 Å². The lowest BCUT2D eigenvalue weighted by Gasteiger charge is -2.41. The minimum Gasteiger partial charge on any atom is -0.454 e. The minimum atomic E-state index is -4.96. The first-order chi connectivity index (χ1) is 19.4. The van der Waals surface area contributed by atoms with Gasteiger partial charge >= 0.3 is 12.4 Å². The average Bonchev–Trinajstić information content (AvgIpc) is 3.40. The van der Waals surface area contributed by atoms with Gasteiger partial charge in [-0.05, 0) is 91.5 Å². The molecule has 0 saturated carbocycles. The summed E-state index contributed by atoms with van der Waals surface area (Å²) in [5, 5.41) is 2.64. The number of benzene rings is 2. The smallest absolute Gasteiger partial charge is 0.416 e. The van der Waals surface area contributed by atoms with Crippen molar-refractivity contribution in [3.05, 3.63) is 88.7 Å². The molecule has 0 unspecified atom stereocenters. The number of piperidine rings is 1. The molecule has 0 radical (unpaired) electrons. The highest BCUT2D eigenvalue weighted by molar-refractivity contribution is 5.83. The van der Waals surface area contributed by atoms with Crippen LogP contribution in [0, 0.1) is 5.41 Å². The lowest BCUT2D eigenvalue weighted by molar-refractivity contribution is -0.143. The summed E-state index contributed by atoms with van der Waals surface area (Å²) in [4.78, 5) is 19.8. The zero-order valence-corrected chi connectivity index (χ0v) is 21.8. The Kier molecular flexibility index (Phi) is 7.87. The molecule has 5 rings (SSSR count). The fraction of sp³-hybridized carbons (Fsp3) is 0.379. The molecule has 1 saturated heterocycles. The Hall–Kier alpha value is -3.80. The van der Waals surface area contributed by atoms with Crippen LogP contribution in [0.3, 0.4) is 0 Å². The molecule has 12 heteroatoms. The third kappa shape index (κ3) is 6.75. The number of nitrogens with one attached hydrogen (secondary N) is 1. The molecule has 0 spiro atoms. The first-order valence-corrected chi connectivity index (χ1v) is 13.0. The number of likely N-dealkylation sites (tertiary alicyclic amines) is 1. The number of amides is 1. The average molecular weight is 580 g/mol. The van der Waals surface area contributed by atoms with Crippen LogP contribution in [0.15, 0.2) is 60.9 Å². The molecule has 41 heavy (non-hydrogen) atoms. The normalized spacial score (nSPS) is 16.9. The summed E-state index contributed by atoms with van der Waals surface area (Å²) in [5.41, 5.74) is -2.14. The van der Waals surface area contributed by atoms with Crippen molar-refractivity contribution in [1.29, 1.82) is 0 Å². The SMILES string of the molecule is O=C(NCc1cc(C(F)(F)F)cc(C(F)(F)F)c1)C1(Cc2ccncc2)CCN(Cc2ccc3c(c2)OCO3)CC1. The van der Waals surface area contributed by atoms with E-state index >= 15 is 0 Å². The third-order valence-electron chi connectivity index (χ3n) is 7.53. The van der Waals surface area contributed by atoms with Gasteiger partial charge in [-0.15, -0.1) is 0 Å². The Balaban J connectivity index is 1.31. The van der Waals surface area contributed by atoms with Crippen LogP contribution in [0.2, 0.25) is 0 Å². The van der Waals surface area contributed by atoms with E-state index in [2.05, 4.69) is 15.2 Å². The quantitative estimate of drug-likeness (QED) is 0.349. The van der Waals surface area contributed by atoms with Crippen molar-refractivity contribution in [3.63, 3.8) is 0 Å². The Labute approximate surface area is 232 Å². The Morgan fingerprint density at radius 1 is 0.829 bits per heavy atom. The van der Waals surface area contributed by atoms with E-state index in [1.165, 1.54) is 0 Å². The number of ether oxygens (including phenoxy) is 2. The minimum absolute atomic E-state index is 0.0755. The molecule has 2 aliphatic heterocycles. The van der Waals surface area contributed by atoms with Gasteiger partial charge in [0.1, 0.15) is 0 Å². The highest BCUT2D eigenvalue weighted by atomic mass is 19.4. The van der Waals surface area contributed by atoms with Gasteiger partial charge in [-0.25, -0.2) is 0 Å². The predicted molar refractivity (Wildman–Crippen MR) is 136 cm³/mol. The highest BCUT2D eigenvalue weighted by Crippen LogP contribution is 2.39. The van der Waals surface area contributed by atoms with Crippen LogP contribution in [-0.4, -0.2) is 35.7 Å². The van der Waals surface area contributed by atoms with Crippen LogP contribution in [0.25, 0.3) is 0 Å². The van der Waals surface area contributed by atoms with Crippen LogP contribution in [-0.2, 0) is 36.7 Å². The van der Waals surface area contributed by atoms with Crippen molar-refractivity contribution in [2.45, 2.75) is 44.7 Å². The van der Waals surface area contributed by atoms with E-state index in [9.17, 15) is 31.1 Å². The molecule has 2 aromatic carbocycles. The number of aromatic nitrogens is 1. The molecule has 1 fully saturated rings. The van der Waals surface area contributed by atoms with Gasteiger partial charge in [0, 0.05) is 25.5 Å². The lowest BCUT2D eigenvalue weighted by Crippen LogP contribution is -2.49. The number of carbonyl (C=O) groups excluding carboxylic acids is 1. The number of pyridine rings is 1. The van der Waals surface area contributed by atoms with Crippen LogP contribution in [0.5, 0.6) is 11.5 Å². The first kappa shape index (κ1) is 28.7. The van der Waals surface area contributed by atoms with E-state index in [1.54, 1.807) is 24.5 Å². The standard InChI is InChI=1S/C29H27F6N3O3/c30-28(31,32)22-11-21(12-23(14-22)29(33,34)35)16-37-26(39)27(15-19-3-7-36-8-4-19)5-9-38(10-6-27)17-20-1-2-24-25(13-20)41-18-40-24/h1-4,7-8,11-14H,5-6,9-10,15-18H2,(H,37,39). The summed E-state index contributed by atoms with van der Waals surface area (Å²) in [6.07, 6.45) is -5.46. The van der Waals surface area contributed by atoms with Gasteiger partial charge in [-0.2, -0.15) is 26.3 Å². The van der Waals surface area contributed by atoms with Crippen molar-refractivity contribution < 1.29 is 40.6 Å². The maximum Gasteiger partial charge on any atom is 0.416 e. The van der Waals surface area contributed by atoms with E-state index in [-0.39, 0.29) is 18.4 Å². The second-order valence-electron chi connectivity index (χ2n) is 10.4. The zero-order valence-electron chi connectivity index (χ0n) is 21.8. The fourth-order valence-corrected chi connectivity index (χ4v) is 5.30. The summed E-state index contributed by atoms with van der Waals surface area (Å²) in [6.45, 7) is 1.45. The molecule has 218 valence electrons. The number of alkyl halides is 6. The van der Waals surface area contributed by atoms with Gasteiger partial charge in [0.05, 0.1) is 16.5 Å². The number of nitrogens with zero attached hydrogens (tertiary/aromatic N) is 2. The molecule has 1 N–H and O–H groups in total. The Morgan fingerprint density at radius 2 is 1.46 bits per heavy atom. The van der Waals surface area contributed by atoms with Gasteiger partial charge in [0.15, 0.2) is 11.5 Å². The second kappa shape index (κ2) is 11.2. The molecule has 0 atom stereocenters. The van der Waals surface area contributed by atoms with E-state index in [0.29, 0.717) is 62.5 Å². The summed E-state index contributed by atoms with van der Waals surface area (Å²) < 4.78 is 90.7. The van der Waals surface area contributed by atoms with Gasteiger partial charge in [-0.3, -0.25) is 14.7 Å². The molecule has 3 heterocycles. The van der Waals surface area contributed by atoms with Crippen molar-refractivity contribution in [3.8, 4) is 11.5 Å². The number of halogens is 6. The largest absolute Gasteiger partial charge is 0.454 e. The summed E-state index contributed by atoms with van der Waals surface area (Å²) >= 11 is 0. The molecule has 1 amide bonds. The highest BCUT2D eigenvalue weighted by Gasteiger charge is 2.42. The van der Waals surface area contributed by atoms with E-state index in [0.717, 1.165) is 11.1 Å². The van der Waals surface area contributed by atoms with Crippen LogP contribution >= 0.6 is 0 Å². The summed E-state index contributed by atoms with van der Waals surface area (Å²) in [6, 6.07) is 10.6. The van der Waals surface area contributed by atoms with E-state index < -0.39 is 41.3 Å². The van der Waals surface area contributed by atoms with Crippen LogP contribution in [0.1, 0.15) is 40.7 Å². The van der Waals surface area contributed by atoms with Crippen LogP contribution < -0.4 is 14.8 Å². The molecule has 0 aliphatic carbocycles. The molecule has 6 nitrogen and oxygen atoms in total. The maximum atomic E-state index is 13.6. The fourth-order valence-electron chi connectivity index (χ4n) is 5.30. The molecular weight excluding hydrogens is 552 g/mol. The van der Waals surface area contributed by atoms with E-state index in [1.807, 2.05) is 18.2 Å². The second-order valence-corrected chi connectivity index (χ2v) is 10.4. The van der Waals surface area contributed by atoms with Crippen molar-refractivity contribution in [2.75, 3.05) is 19.9 Å². The predicted octanol–water partition coefficient (Wildman–Crippen LogP) is 5.99. The Bertz CT molecular complexity index is 1350. The van der Waals surface area contributed by atoms with Crippen molar-refractivity contribution in [1.82, 2.24) is 15.2 Å². The van der Waals surface area contributed by atoms with Crippen molar-refractivity contribution in [2.24, 2.45) is 5.41 Å². The number of hydrogen-bond donors (Lipinski definition) is 1. The molecule has 3 aromatic rings. The molecule has 1 aromatic heterocycles. The molecular formula is C29H27F6N3O3. The molecule has 2 aliphatic rings. The first-order valence-electron chi connectivity index (χ1n) is 13.0. The van der Waals surface area contributed by atoms with Gasteiger partial charge in [0.2, 0.25) is 12.7 Å². The number of fused-ring (bicyclic) bond motifs is 1. The summed E-state index contributed by atoms with van der Waals surface area (Å²) in [5.74, 6) is 0.945. The monoisotopic (exact) mass is 579 g/mol. The number of hydrogen-bond acceptors (Lipinski definition) is 5. The van der Waals surface area contributed by atoms with Gasteiger partial charge < -0.3 is 14.8 Å². The lowest BCUT2D eigenvalue weighted by atomic mass is 9.73. The zero-order chi connectivity index (χ0) is 29.3. The summed E-state index contributed by atoms with van der Waals surface area (Å²) in [7, 11) is 0.